The summed E-state index contributed by atoms with van der Waals surface area (Å²) < 4.78 is 5.51. The largest absolute Gasteiger partial charge is 0.492 e. The summed E-state index contributed by atoms with van der Waals surface area (Å²) in [4.78, 5) is 36.2. The second-order valence-electron chi connectivity index (χ2n) is 5.58. The normalized spacial score (nSPS) is 15.4. The Labute approximate surface area is 174 Å². The molecule has 0 saturated carbocycles. The van der Waals surface area contributed by atoms with E-state index in [0.29, 0.717) is 5.75 Å². The third-order valence-electron chi connectivity index (χ3n) is 3.75. The van der Waals surface area contributed by atoms with Crippen molar-refractivity contribution in [1.29, 1.82) is 0 Å². The van der Waals surface area contributed by atoms with Gasteiger partial charge in [0, 0.05) is 16.7 Å². The first kappa shape index (κ1) is 20.2. The molecule has 1 aliphatic heterocycles. The van der Waals surface area contributed by atoms with Crippen LogP contribution in [0.1, 0.15) is 5.56 Å². The highest BCUT2D eigenvalue weighted by atomic mass is 35.5. The lowest BCUT2D eigenvalue weighted by Crippen LogP contribution is -2.32. The predicted molar refractivity (Wildman–Crippen MR) is 108 cm³/mol. The van der Waals surface area contributed by atoms with Crippen LogP contribution < -0.4 is 4.74 Å². The quantitative estimate of drug-likeness (QED) is 0.357. The number of nitro groups is 1. The van der Waals surface area contributed by atoms with Gasteiger partial charge in [0.1, 0.15) is 17.4 Å². The number of hydrogen-bond acceptors (Lipinski definition) is 6. The van der Waals surface area contributed by atoms with Crippen molar-refractivity contribution in [3.8, 4) is 5.75 Å². The maximum Gasteiger partial charge on any atom is 0.293 e. The summed E-state index contributed by atoms with van der Waals surface area (Å²) in [5, 5.41) is 10.6. The smallest absolute Gasteiger partial charge is 0.293 e. The molecule has 0 unspecified atom stereocenters. The number of carbonyl (C=O) groups excluding carboxylic acids is 2. The van der Waals surface area contributed by atoms with Crippen molar-refractivity contribution in [2.45, 2.75) is 0 Å². The molecule has 2 aromatic carbocycles. The van der Waals surface area contributed by atoms with Crippen LogP contribution in [0.5, 0.6) is 5.75 Å². The van der Waals surface area contributed by atoms with E-state index in [-0.39, 0.29) is 39.4 Å². The summed E-state index contributed by atoms with van der Waals surface area (Å²) in [6.45, 7) is 0.216. The minimum absolute atomic E-state index is 0.0748. The van der Waals surface area contributed by atoms with Crippen molar-refractivity contribution >= 4 is 57.9 Å². The lowest BCUT2D eigenvalue weighted by atomic mass is 10.2. The Morgan fingerprint density at radius 3 is 2.54 bits per heavy atom. The van der Waals surface area contributed by atoms with E-state index >= 15 is 0 Å². The summed E-state index contributed by atoms with van der Waals surface area (Å²) in [6.07, 6.45) is 1.34. The molecule has 2 amide bonds. The first-order chi connectivity index (χ1) is 13.4. The van der Waals surface area contributed by atoms with Crippen LogP contribution in [0.3, 0.4) is 0 Å². The van der Waals surface area contributed by atoms with Crippen LogP contribution in [0.2, 0.25) is 10.0 Å². The Hall–Kier alpha value is -2.55. The molecule has 0 spiro atoms. The molecule has 0 aliphatic carbocycles. The second-order valence-corrected chi connectivity index (χ2v) is 7.38. The maximum absolute atomic E-state index is 12.5. The number of thioether (sulfide) groups is 1. The molecule has 0 aromatic heterocycles. The number of hydrogen-bond donors (Lipinski definition) is 0. The van der Waals surface area contributed by atoms with Gasteiger partial charge in [-0.3, -0.25) is 24.6 Å². The number of amides is 2. The average Bonchev–Trinajstić information content (AvgIpc) is 2.92. The molecular formula is C18H12Cl2N2O5S. The third kappa shape index (κ3) is 4.46. The van der Waals surface area contributed by atoms with Gasteiger partial charge in [0.2, 0.25) is 0 Å². The molecule has 1 fully saturated rings. The van der Waals surface area contributed by atoms with Gasteiger partial charge in [0.15, 0.2) is 0 Å². The Bertz CT molecular complexity index is 981. The summed E-state index contributed by atoms with van der Waals surface area (Å²) in [6, 6.07) is 11.4. The molecule has 28 heavy (non-hydrogen) atoms. The topological polar surface area (TPSA) is 89.8 Å². The van der Waals surface area contributed by atoms with E-state index in [9.17, 15) is 19.7 Å². The van der Waals surface area contributed by atoms with Gasteiger partial charge in [0.05, 0.1) is 16.4 Å². The van der Waals surface area contributed by atoms with Gasteiger partial charge in [0.25, 0.3) is 16.8 Å². The molecule has 10 heteroatoms. The van der Waals surface area contributed by atoms with E-state index in [0.717, 1.165) is 22.7 Å². The number of nitrogens with zero attached hydrogens (tertiary/aromatic N) is 2. The van der Waals surface area contributed by atoms with E-state index < -0.39 is 16.1 Å². The summed E-state index contributed by atoms with van der Waals surface area (Å²) in [5.74, 6) is 0.116. The zero-order valence-corrected chi connectivity index (χ0v) is 16.5. The van der Waals surface area contributed by atoms with Crippen LogP contribution in [0.25, 0.3) is 6.08 Å². The van der Waals surface area contributed by atoms with Crippen molar-refractivity contribution in [2.75, 3.05) is 13.2 Å². The zero-order valence-electron chi connectivity index (χ0n) is 14.1. The van der Waals surface area contributed by atoms with Crippen LogP contribution in [0.15, 0.2) is 47.4 Å². The van der Waals surface area contributed by atoms with E-state index in [1.807, 2.05) is 18.2 Å². The number of imide groups is 1. The van der Waals surface area contributed by atoms with Gasteiger partial charge in [-0.15, -0.1) is 0 Å². The molecule has 0 bridgehead atoms. The van der Waals surface area contributed by atoms with Crippen molar-refractivity contribution in [2.24, 2.45) is 0 Å². The molecule has 2 aromatic rings. The fraction of sp³-hybridized carbons (Fsp3) is 0.111. The van der Waals surface area contributed by atoms with Gasteiger partial charge in [-0.2, -0.15) is 0 Å². The Morgan fingerprint density at radius 2 is 1.86 bits per heavy atom. The highest BCUT2D eigenvalue weighted by molar-refractivity contribution is 8.18. The zero-order chi connectivity index (χ0) is 20.3. The van der Waals surface area contributed by atoms with Crippen LogP contribution in [0, 0.1) is 10.1 Å². The predicted octanol–water partition coefficient (Wildman–Crippen LogP) is 5.02. The number of para-hydroxylation sites is 1. The molecule has 1 aliphatic rings. The van der Waals surface area contributed by atoms with Crippen molar-refractivity contribution in [3.63, 3.8) is 0 Å². The Balaban J connectivity index is 1.74. The van der Waals surface area contributed by atoms with Crippen molar-refractivity contribution < 1.29 is 19.2 Å². The van der Waals surface area contributed by atoms with Crippen molar-refractivity contribution in [3.05, 3.63) is 73.1 Å². The number of ether oxygens (including phenoxy) is 1. The molecule has 0 N–H and O–H groups in total. The number of nitro benzene ring substituents is 1. The Kier molecular flexibility index (Phi) is 6.23. The molecule has 1 heterocycles. The molecule has 0 atom stereocenters. The summed E-state index contributed by atoms with van der Waals surface area (Å²) >= 11 is 12.6. The molecule has 7 nitrogen and oxygen atoms in total. The van der Waals surface area contributed by atoms with Gasteiger partial charge >= 0.3 is 0 Å². The molecule has 3 rings (SSSR count). The maximum atomic E-state index is 12.5. The number of halogens is 2. The first-order valence-corrected chi connectivity index (χ1v) is 9.50. The number of rotatable bonds is 6. The fourth-order valence-corrected chi connectivity index (χ4v) is 3.77. The van der Waals surface area contributed by atoms with E-state index in [1.54, 1.807) is 12.1 Å². The lowest BCUT2D eigenvalue weighted by Gasteiger charge is -2.13. The fourth-order valence-electron chi connectivity index (χ4n) is 2.41. The van der Waals surface area contributed by atoms with Gasteiger partial charge in [-0.05, 0) is 36.0 Å². The van der Waals surface area contributed by atoms with Gasteiger partial charge < -0.3 is 4.74 Å². The molecular weight excluding hydrogens is 427 g/mol. The second kappa shape index (κ2) is 8.64. The minimum atomic E-state index is -0.650. The highest BCUT2D eigenvalue weighted by Crippen LogP contribution is 2.36. The van der Waals surface area contributed by atoms with E-state index in [2.05, 4.69) is 0 Å². The molecule has 0 radical (unpaired) electrons. The number of benzene rings is 2. The molecule has 1 saturated heterocycles. The molecule has 144 valence electrons. The van der Waals surface area contributed by atoms with Crippen LogP contribution in [-0.4, -0.2) is 34.1 Å². The van der Waals surface area contributed by atoms with E-state index in [4.69, 9.17) is 27.9 Å². The highest BCUT2D eigenvalue weighted by Gasteiger charge is 2.35. The number of carbonyl (C=O) groups is 2. The average molecular weight is 439 g/mol. The summed E-state index contributed by atoms with van der Waals surface area (Å²) in [7, 11) is 0. The van der Waals surface area contributed by atoms with E-state index in [1.165, 1.54) is 12.1 Å². The first-order valence-electron chi connectivity index (χ1n) is 7.93. The lowest BCUT2D eigenvalue weighted by molar-refractivity contribution is -0.384. The van der Waals surface area contributed by atoms with Crippen molar-refractivity contribution in [1.82, 2.24) is 4.90 Å². The van der Waals surface area contributed by atoms with Crippen LogP contribution >= 0.6 is 35.0 Å². The van der Waals surface area contributed by atoms with Gasteiger partial charge in [-0.25, -0.2) is 0 Å². The van der Waals surface area contributed by atoms with Crippen LogP contribution in [-0.2, 0) is 4.79 Å². The monoisotopic (exact) mass is 438 g/mol. The Morgan fingerprint density at radius 1 is 1.14 bits per heavy atom. The SMILES string of the molecule is O=C1S/C(=C\c2cc([N+](=O)[O-])c(Cl)cc2Cl)C(=O)N1CCOc1ccccc1. The van der Waals surface area contributed by atoms with Crippen LogP contribution in [0.4, 0.5) is 10.5 Å². The van der Waals surface area contributed by atoms with Gasteiger partial charge in [-0.1, -0.05) is 41.4 Å². The standard InChI is InChI=1S/C18H12Cl2N2O5S/c19-13-10-14(20)15(22(25)26)8-11(13)9-16-17(23)21(18(24)28-16)6-7-27-12-4-2-1-3-5-12/h1-5,8-10H,6-7H2/b16-9-. The minimum Gasteiger partial charge on any atom is -0.492 e. The third-order valence-corrected chi connectivity index (χ3v) is 5.29. The summed E-state index contributed by atoms with van der Waals surface area (Å²) in [5.41, 5.74) is -0.114.